The quantitative estimate of drug-likeness (QED) is 0.904. The third-order valence-corrected chi connectivity index (χ3v) is 4.26. The second kappa shape index (κ2) is 5.14. The van der Waals surface area contributed by atoms with E-state index in [0.29, 0.717) is 5.92 Å². The van der Waals surface area contributed by atoms with Crippen LogP contribution in [0.5, 0.6) is 0 Å². The number of hydrogen-bond donors (Lipinski definition) is 1. The van der Waals surface area contributed by atoms with E-state index in [9.17, 15) is 0 Å². The van der Waals surface area contributed by atoms with Crippen LogP contribution in [-0.2, 0) is 0 Å². The zero-order valence-corrected chi connectivity index (χ0v) is 11.3. The summed E-state index contributed by atoms with van der Waals surface area (Å²) in [5.41, 5.74) is 11.4. The van der Waals surface area contributed by atoms with Crippen LogP contribution in [0.2, 0.25) is 0 Å². The van der Waals surface area contributed by atoms with E-state index >= 15 is 0 Å². The van der Waals surface area contributed by atoms with Crippen LogP contribution >= 0.6 is 0 Å². The van der Waals surface area contributed by atoms with Gasteiger partial charge >= 0.3 is 0 Å². The molecule has 1 aliphatic carbocycles. The fourth-order valence-corrected chi connectivity index (χ4v) is 2.88. The average molecular weight is 252 g/mol. The van der Waals surface area contributed by atoms with Crippen LogP contribution in [0.4, 0.5) is 0 Å². The van der Waals surface area contributed by atoms with Gasteiger partial charge in [-0.2, -0.15) is 0 Å². The molecule has 19 heavy (non-hydrogen) atoms. The maximum atomic E-state index is 6.49. The average Bonchev–Trinajstić information content (AvgIpc) is 2.37. The molecule has 3 rings (SSSR count). The molecule has 2 nitrogen and oxygen atoms in total. The van der Waals surface area contributed by atoms with Crippen LogP contribution in [0.15, 0.2) is 42.6 Å². The van der Waals surface area contributed by atoms with Gasteiger partial charge in [-0.3, -0.25) is 4.98 Å². The molecule has 1 aliphatic rings. The second-order valence-corrected chi connectivity index (χ2v) is 5.41. The van der Waals surface area contributed by atoms with E-state index in [1.165, 1.54) is 30.4 Å². The second-order valence-electron chi connectivity index (χ2n) is 5.41. The summed E-state index contributed by atoms with van der Waals surface area (Å²) in [6.45, 7) is 2.03. The number of pyridine rings is 1. The molecule has 1 unspecified atom stereocenters. The smallest absolute Gasteiger partial charge is 0.0572 e. The highest BCUT2D eigenvalue weighted by Gasteiger charge is 2.24. The minimum atomic E-state index is -0.0644. The first-order valence-corrected chi connectivity index (χ1v) is 7.03. The normalized spacial score (nSPS) is 16.9. The number of benzene rings is 1. The van der Waals surface area contributed by atoms with Crippen LogP contribution in [0, 0.1) is 6.92 Å². The number of aryl methyl sites for hydroxylation is 1. The van der Waals surface area contributed by atoms with Gasteiger partial charge in [0.25, 0.3) is 0 Å². The largest absolute Gasteiger partial charge is 0.320 e. The molecule has 0 aliphatic heterocycles. The van der Waals surface area contributed by atoms with E-state index in [0.717, 1.165) is 11.3 Å². The summed E-state index contributed by atoms with van der Waals surface area (Å²) in [5.74, 6) is 0.708. The zero-order chi connectivity index (χ0) is 13.2. The summed E-state index contributed by atoms with van der Waals surface area (Å²) in [7, 11) is 0. The Morgan fingerprint density at radius 1 is 1.11 bits per heavy atom. The maximum Gasteiger partial charge on any atom is 0.0572 e. The minimum absolute atomic E-state index is 0.0644. The Kier molecular flexibility index (Phi) is 3.34. The maximum absolute atomic E-state index is 6.49. The number of rotatable bonds is 3. The number of nitrogens with zero attached hydrogens (tertiary/aromatic N) is 1. The molecule has 2 aromatic rings. The standard InChI is InChI=1S/C17H20N2/c1-12-14(10-5-11-19-12)17(18)16-9-3-2-8-15(16)13-6-4-7-13/h2-3,5,8-11,13,17H,4,6-7,18H2,1H3. The van der Waals surface area contributed by atoms with Crippen molar-refractivity contribution in [1.29, 1.82) is 0 Å². The molecule has 2 N–H and O–H groups in total. The Balaban J connectivity index is 2.00. The van der Waals surface area contributed by atoms with Gasteiger partial charge in [0.2, 0.25) is 0 Å². The van der Waals surface area contributed by atoms with Gasteiger partial charge in [0.1, 0.15) is 0 Å². The third-order valence-electron chi connectivity index (χ3n) is 4.26. The number of hydrogen-bond acceptors (Lipinski definition) is 2. The van der Waals surface area contributed by atoms with Crippen molar-refractivity contribution < 1.29 is 0 Å². The van der Waals surface area contributed by atoms with E-state index in [2.05, 4.69) is 35.3 Å². The number of aromatic nitrogens is 1. The highest BCUT2D eigenvalue weighted by atomic mass is 14.7. The minimum Gasteiger partial charge on any atom is -0.320 e. The first kappa shape index (κ1) is 12.4. The summed E-state index contributed by atoms with van der Waals surface area (Å²) in [6.07, 6.45) is 5.77. The van der Waals surface area contributed by atoms with Crippen molar-refractivity contribution in [3.8, 4) is 0 Å². The monoisotopic (exact) mass is 252 g/mol. The highest BCUT2D eigenvalue weighted by Crippen LogP contribution is 2.40. The fraction of sp³-hybridized carbons (Fsp3) is 0.353. The van der Waals surface area contributed by atoms with E-state index < -0.39 is 0 Å². The lowest BCUT2D eigenvalue weighted by molar-refractivity contribution is 0.416. The topological polar surface area (TPSA) is 38.9 Å². The summed E-state index contributed by atoms with van der Waals surface area (Å²) in [4.78, 5) is 4.35. The van der Waals surface area contributed by atoms with Crippen LogP contribution in [0.25, 0.3) is 0 Å². The summed E-state index contributed by atoms with van der Waals surface area (Å²) in [5, 5.41) is 0. The van der Waals surface area contributed by atoms with Crippen LogP contribution < -0.4 is 5.73 Å². The first-order chi connectivity index (χ1) is 9.27. The van der Waals surface area contributed by atoms with Gasteiger partial charge in [-0.25, -0.2) is 0 Å². The molecule has 0 bridgehead atoms. The molecule has 1 atom stereocenters. The molecule has 1 aromatic heterocycles. The number of nitrogens with two attached hydrogens (primary N) is 1. The zero-order valence-electron chi connectivity index (χ0n) is 11.3. The molecule has 2 heteroatoms. The van der Waals surface area contributed by atoms with Crippen molar-refractivity contribution in [2.45, 2.75) is 38.1 Å². The van der Waals surface area contributed by atoms with Gasteiger partial charge in [0, 0.05) is 11.9 Å². The molecule has 1 saturated carbocycles. The van der Waals surface area contributed by atoms with E-state index in [1.54, 1.807) is 0 Å². The predicted molar refractivity (Wildman–Crippen MR) is 78.0 cm³/mol. The molecule has 1 aromatic carbocycles. The van der Waals surface area contributed by atoms with Crippen molar-refractivity contribution in [2.75, 3.05) is 0 Å². The van der Waals surface area contributed by atoms with Gasteiger partial charge in [-0.1, -0.05) is 36.8 Å². The van der Waals surface area contributed by atoms with Crippen molar-refractivity contribution in [3.05, 3.63) is 65.0 Å². The molecular formula is C17H20N2. The Bertz CT molecular complexity index is 573. The molecule has 1 heterocycles. The van der Waals surface area contributed by atoms with Crippen molar-refractivity contribution in [3.63, 3.8) is 0 Å². The van der Waals surface area contributed by atoms with E-state index in [-0.39, 0.29) is 6.04 Å². The Morgan fingerprint density at radius 2 is 1.84 bits per heavy atom. The van der Waals surface area contributed by atoms with Gasteiger partial charge in [-0.05, 0) is 48.4 Å². The van der Waals surface area contributed by atoms with Gasteiger partial charge < -0.3 is 5.73 Å². The lowest BCUT2D eigenvalue weighted by atomic mass is 9.76. The van der Waals surface area contributed by atoms with Crippen LogP contribution in [-0.4, -0.2) is 4.98 Å². The summed E-state index contributed by atoms with van der Waals surface area (Å²) < 4.78 is 0. The SMILES string of the molecule is Cc1ncccc1C(N)c1ccccc1C1CCC1. The van der Waals surface area contributed by atoms with Gasteiger partial charge in [0.15, 0.2) is 0 Å². The predicted octanol–water partition coefficient (Wildman–Crippen LogP) is 3.71. The molecule has 98 valence electrons. The van der Waals surface area contributed by atoms with Crippen molar-refractivity contribution in [2.24, 2.45) is 5.73 Å². The van der Waals surface area contributed by atoms with Crippen molar-refractivity contribution >= 4 is 0 Å². The molecule has 0 radical (unpaired) electrons. The Hall–Kier alpha value is -1.67. The molecule has 0 spiro atoms. The van der Waals surface area contributed by atoms with Crippen LogP contribution in [0.1, 0.15) is 53.6 Å². The summed E-state index contributed by atoms with van der Waals surface area (Å²) in [6, 6.07) is 12.6. The molecule has 0 saturated heterocycles. The van der Waals surface area contributed by atoms with E-state index in [4.69, 9.17) is 5.73 Å². The van der Waals surface area contributed by atoms with Crippen molar-refractivity contribution in [1.82, 2.24) is 4.98 Å². The lowest BCUT2D eigenvalue weighted by Gasteiger charge is -2.29. The van der Waals surface area contributed by atoms with E-state index in [1.807, 2.05) is 19.2 Å². The molecule has 0 amide bonds. The molecule has 1 fully saturated rings. The molecular weight excluding hydrogens is 232 g/mol. The fourth-order valence-electron chi connectivity index (χ4n) is 2.88. The Labute approximate surface area is 114 Å². The van der Waals surface area contributed by atoms with Gasteiger partial charge in [0.05, 0.1) is 6.04 Å². The van der Waals surface area contributed by atoms with Crippen LogP contribution in [0.3, 0.4) is 0 Å². The Morgan fingerprint density at radius 3 is 2.53 bits per heavy atom. The first-order valence-electron chi connectivity index (χ1n) is 7.03. The summed E-state index contributed by atoms with van der Waals surface area (Å²) >= 11 is 0. The lowest BCUT2D eigenvalue weighted by Crippen LogP contribution is -2.19. The van der Waals surface area contributed by atoms with Gasteiger partial charge in [-0.15, -0.1) is 0 Å². The third kappa shape index (κ3) is 2.28. The highest BCUT2D eigenvalue weighted by molar-refractivity contribution is 5.40.